The van der Waals surface area contributed by atoms with E-state index in [4.69, 9.17) is 11.6 Å². The van der Waals surface area contributed by atoms with Crippen molar-refractivity contribution in [3.8, 4) is 0 Å². The summed E-state index contributed by atoms with van der Waals surface area (Å²) in [6, 6.07) is 4.53. The zero-order valence-corrected chi connectivity index (χ0v) is 9.36. The number of hydrogen-bond donors (Lipinski definition) is 2. The van der Waals surface area contributed by atoms with Gasteiger partial charge in [0.15, 0.2) is 0 Å². The van der Waals surface area contributed by atoms with Crippen LogP contribution in [0.25, 0.3) is 0 Å². The highest BCUT2D eigenvalue weighted by Gasteiger charge is 2.29. The number of likely N-dealkylation sites (tertiary alicyclic amines) is 1. The quantitative estimate of drug-likeness (QED) is 0.818. The van der Waals surface area contributed by atoms with Crippen LogP contribution in [0.1, 0.15) is 5.56 Å². The minimum Gasteiger partial charge on any atom is -0.389 e. The van der Waals surface area contributed by atoms with Crippen molar-refractivity contribution >= 4 is 11.6 Å². The lowest BCUT2D eigenvalue weighted by Gasteiger charge is -2.14. The molecule has 0 aliphatic carbocycles. The molecule has 0 spiro atoms. The predicted octanol–water partition coefficient (Wildman–Crippen LogP) is 1.02. The van der Waals surface area contributed by atoms with Gasteiger partial charge in [0.05, 0.1) is 17.2 Å². The summed E-state index contributed by atoms with van der Waals surface area (Å²) in [5, 5.41) is 18.8. The second kappa shape index (κ2) is 4.67. The first kappa shape index (κ1) is 11.8. The van der Waals surface area contributed by atoms with E-state index < -0.39 is 18.0 Å². The summed E-state index contributed by atoms with van der Waals surface area (Å²) in [5.74, 6) is -0.438. The van der Waals surface area contributed by atoms with Crippen LogP contribution in [0.15, 0.2) is 18.2 Å². The van der Waals surface area contributed by atoms with Gasteiger partial charge in [0, 0.05) is 19.6 Å². The first-order chi connectivity index (χ1) is 7.56. The minimum atomic E-state index is -0.698. The minimum absolute atomic E-state index is 0.0952. The lowest BCUT2D eigenvalue weighted by molar-refractivity contribution is 0.0572. The molecular weight excluding hydrogens is 233 g/mol. The topological polar surface area (TPSA) is 43.7 Å². The van der Waals surface area contributed by atoms with E-state index >= 15 is 0 Å². The van der Waals surface area contributed by atoms with Crippen LogP contribution in [0.3, 0.4) is 0 Å². The molecule has 0 saturated carbocycles. The van der Waals surface area contributed by atoms with Crippen LogP contribution in [0.2, 0.25) is 5.02 Å². The number of β-amino-alcohol motifs (C(OH)–C–C–N with tert-alkyl or cyclic N) is 2. The molecule has 2 N–H and O–H groups in total. The second-order valence-corrected chi connectivity index (χ2v) is 4.48. The average molecular weight is 246 g/mol. The molecule has 1 fully saturated rings. The maximum absolute atomic E-state index is 12.9. The third-order valence-corrected chi connectivity index (χ3v) is 3.01. The van der Waals surface area contributed by atoms with Crippen molar-refractivity contribution in [2.75, 3.05) is 13.1 Å². The van der Waals surface area contributed by atoms with E-state index in [1.54, 1.807) is 12.1 Å². The SMILES string of the molecule is O[C@@H]1CN(Cc2ccc(F)c(Cl)c2)C[C@@H]1O. The van der Waals surface area contributed by atoms with Gasteiger partial charge in [-0.05, 0) is 17.7 Å². The number of aliphatic hydroxyl groups is 2. The van der Waals surface area contributed by atoms with Crippen molar-refractivity contribution in [1.82, 2.24) is 4.90 Å². The Morgan fingerprint density at radius 1 is 1.31 bits per heavy atom. The maximum Gasteiger partial charge on any atom is 0.141 e. The molecule has 1 aromatic carbocycles. The Labute approximate surface area is 98.1 Å². The first-order valence-corrected chi connectivity index (χ1v) is 5.46. The summed E-state index contributed by atoms with van der Waals surface area (Å²) in [6.07, 6.45) is -1.40. The molecule has 0 radical (unpaired) electrons. The fraction of sp³-hybridized carbons (Fsp3) is 0.455. The zero-order chi connectivity index (χ0) is 11.7. The third-order valence-electron chi connectivity index (χ3n) is 2.72. The van der Waals surface area contributed by atoms with E-state index in [1.165, 1.54) is 6.07 Å². The highest BCUT2D eigenvalue weighted by molar-refractivity contribution is 6.30. The molecule has 1 aliphatic heterocycles. The van der Waals surface area contributed by atoms with Gasteiger partial charge in [-0.2, -0.15) is 0 Å². The van der Waals surface area contributed by atoms with Crippen LogP contribution in [-0.4, -0.2) is 40.4 Å². The number of hydrogen-bond acceptors (Lipinski definition) is 3. The van der Waals surface area contributed by atoms with Crippen molar-refractivity contribution < 1.29 is 14.6 Å². The molecule has 2 atom stereocenters. The molecule has 3 nitrogen and oxygen atoms in total. The van der Waals surface area contributed by atoms with Gasteiger partial charge in [-0.15, -0.1) is 0 Å². The summed E-state index contributed by atoms with van der Waals surface area (Å²) in [5.41, 5.74) is 0.868. The van der Waals surface area contributed by atoms with E-state index in [9.17, 15) is 14.6 Å². The van der Waals surface area contributed by atoms with Gasteiger partial charge in [-0.25, -0.2) is 4.39 Å². The van der Waals surface area contributed by atoms with Gasteiger partial charge in [0.2, 0.25) is 0 Å². The lowest BCUT2D eigenvalue weighted by Crippen LogP contribution is -2.22. The van der Waals surface area contributed by atoms with Crippen molar-refractivity contribution in [3.05, 3.63) is 34.6 Å². The molecule has 1 saturated heterocycles. The summed E-state index contributed by atoms with van der Waals surface area (Å²) >= 11 is 5.66. The molecule has 1 aromatic rings. The van der Waals surface area contributed by atoms with Gasteiger partial charge >= 0.3 is 0 Å². The van der Waals surface area contributed by atoms with E-state index in [0.29, 0.717) is 19.6 Å². The highest BCUT2D eigenvalue weighted by atomic mass is 35.5. The molecule has 1 heterocycles. The van der Waals surface area contributed by atoms with Crippen LogP contribution in [-0.2, 0) is 6.54 Å². The molecule has 5 heteroatoms. The molecule has 0 unspecified atom stereocenters. The van der Waals surface area contributed by atoms with Gasteiger partial charge in [0.25, 0.3) is 0 Å². The molecule has 16 heavy (non-hydrogen) atoms. The lowest BCUT2D eigenvalue weighted by atomic mass is 10.2. The highest BCUT2D eigenvalue weighted by Crippen LogP contribution is 2.19. The normalized spacial score (nSPS) is 26.2. The van der Waals surface area contributed by atoms with Crippen molar-refractivity contribution in [2.24, 2.45) is 0 Å². The number of benzene rings is 1. The summed E-state index contributed by atoms with van der Waals surface area (Å²) in [7, 11) is 0. The number of rotatable bonds is 2. The fourth-order valence-electron chi connectivity index (χ4n) is 1.87. The monoisotopic (exact) mass is 245 g/mol. The third kappa shape index (κ3) is 2.52. The predicted molar refractivity (Wildman–Crippen MR) is 58.7 cm³/mol. The van der Waals surface area contributed by atoms with Gasteiger partial charge in [-0.3, -0.25) is 4.90 Å². The molecule has 0 amide bonds. The Morgan fingerprint density at radius 2 is 1.94 bits per heavy atom. The summed E-state index contributed by atoms with van der Waals surface area (Å²) in [6.45, 7) is 1.40. The number of nitrogens with zero attached hydrogens (tertiary/aromatic N) is 1. The van der Waals surface area contributed by atoms with Crippen LogP contribution in [0.4, 0.5) is 4.39 Å². The van der Waals surface area contributed by atoms with Crippen molar-refractivity contribution in [2.45, 2.75) is 18.8 Å². The second-order valence-electron chi connectivity index (χ2n) is 4.08. The molecule has 2 rings (SSSR count). The van der Waals surface area contributed by atoms with Crippen molar-refractivity contribution in [3.63, 3.8) is 0 Å². The van der Waals surface area contributed by atoms with Gasteiger partial charge in [0.1, 0.15) is 5.82 Å². The molecule has 88 valence electrons. The van der Waals surface area contributed by atoms with Crippen molar-refractivity contribution in [1.29, 1.82) is 0 Å². The molecule has 0 aromatic heterocycles. The Hall–Kier alpha value is -0.680. The Balaban J connectivity index is 2.02. The number of aliphatic hydroxyl groups excluding tert-OH is 2. The zero-order valence-electron chi connectivity index (χ0n) is 8.61. The van der Waals surface area contributed by atoms with Crippen LogP contribution >= 0.6 is 11.6 Å². The smallest absolute Gasteiger partial charge is 0.141 e. The first-order valence-electron chi connectivity index (χ1n) is 5.08. The average Bonchev–Trinajstić information content (AvgIpc) is 2.52. The standard InChI is InChI=1S/C11H13ClFNO2/c12-8-3-7(1-2-9(8)13)4-14-5-10(15)11(16)6-14/h1-3,10-11,15-16H,4-6H2/t10-,11+. The van der Waals surface area contributed by atoms with E-state index in [-0.39, 0.29) is 5.02 Å². The van der Waals surface area contributed by atoms with E-state index in [1.807, 2.05) is 4.90 Å². The molecule has 0 bridgehead atoms. The van der Waals surface area contributed by atoms with Gasteiger partial charge < -0.3 is 10.2 Å². The molecule has 1 aliphatic rings. The van der Waals surface area contributed by atoms with Gasteiger partial charge in [-0.1, -0.05) is 17.7 Å². The maximum atomic E-state index is 12.9. The Morgan fingerprint density at radius 3 is 2.50 bits per heavy atom. The largest absolute Gasteiger partial charge is 0.389 e. The Bertz CT molecular complexity index is 378. The van der Waals surface area contributed by atoms with Crippen LogP contribution in [0.5, 0.6) is 0 Å². The van der Waals surface area contributed by atoms with Crippen LogP contribution < -0.4 is 0 Å². The Kier molecular flexibility index (Phi) is 3.44. The fourth-order valence-corrected chi connectivity index (χ4v) is 2.08. The molecular formula is C11H13ClFNO2. The van der Waals surface area contributed by atoms with E-state index in [2.05, 4.69) is 0 Å². The van der Waals surface area contributed by atoms with E-state index in [0.717, 1.165) is 5.56 Å². The van der Waals surface area contributed by atoms with Crippen LogP contribution in [0, 0.1) is 5.82 Å². The summed E-state index contributed by atoms with van der Waals surface area (Å²) < 4.78 is 12.9. The number of halogens is 2. The summed E-state index contributed by atoms with van der Waals surface area (Å²) in [4.78, 5) is 1.90.